The molecule has 1 rings (SSSR count). The van der Waals surface area contributed by atoms with Crippen molar-refractivity contribution in [3.8, 4) is 11.5 Å². The van der Waals surface area contributed by atoms with Gasteiger partial charge in [-0.3, -0.25) is 4.79 Å². The number of amides is 1. The lowest BCUT2D eigenvalue weighted by Crippen LogP contribution is -2.38. The first kappa shape index (κ1) is 18.6. The normalized spacial score (nSPS) is 11.8. The SMILES string of the molecule is CCN[C@H](C)CNC(=O)CCSc1ccc(OC)c(OC)c1. The summed E-state index contributed by atoms with van der Waals surface area (Å²) in [5.74, 6) is 2.23. The molecule has 0 aliphatic carbocycles. The van der Waals surface area contributed by atoms with E-state index in [9.17, 15) is 4.79 Å². The summed E-state index contributed by atoms with van der Waals surface area (Å²) < 4.78 is 10.5. The standard InChI is InChI=1S/C16H26N2O3S/c1-5-17-12(2)11-18-16(19)8-9-22-13-6-7-14(20-3)15(10-13)21-4/h6-7,10,12,17H,5,8-9,11H2,1-4H3,(H,18,19)/t12-/m1/s1. The first-order valence-electron chi connectivity index (χ1n) is 7.45. The molecule has 0 aliphatic heterocycles. The molecule has 0 heterocycles. The number of ether oxygens (including phenoxy) is 2. The molecule has 6 heteroatoms. The minimum atomic E-state index is 0.0812. The van der Waals surface area contributed by atoms with Crippen LogP contribution < -0.4 is 20.1 Å². The van der Waals surface area contributed by atoms with Crippen LogP contribution in [0.5, 0.6) is 11.5 Å². The molecule has 0 fully saturated rings. The summed E-state index contributed by atoms with van der Waals surface area (Å²) in [6, 6.07) is 6.07. The van der Waals surface area contributed by atoms with Crippen LogP contribution in [0.1, 0.15) is 20.3 Å². The summed E-state index contributed by atoms with van der Waals surface area (Å²) in [6.45, 7) is 5.68. The van der Waals surface area contributed by atoms with E-state index in [0.717, 1.165) is 17.2 Å². The van der Waals surface area contributed by atoms with Crippen LogP contribution in [-0.2, 0) is 4.79 Å². The van der Waals surface area contributed by atoms with Crippen LogP contribution >= 0.6 is 11.8 Å². The van der Waals surface area contributed by atoms with E-state index in [1.54, 1.807) is 26.0 Å². The zero-order valence-electron chi connectivity index (χ0n) is 13.8. The summed E-state index contributed by atoms with van der Waals surface area (Å²) in [7, 11) is 3.23. The topological polar surface area (TPSA) is 59.6 Å². The van der Waals surface area contributed by atoms with Crippen LogP contribution in [0, 0.1) is 0 Å². The molecular weight excluding hydrogens is 300 g/mol. The number of benzene rings is 1. The molecule has 1 amide bonds. The minimum absolute atomic E-state index is 0.0812. The highest BCUT2D eigenvalue weighted by molar-refractivity contribution is 7.99. The van der Waals surface area contributed by atoms with Gasteiger partial charge in [-0.1, -0.05) is 6.92 Å². The average Bonchev–Trinajstić information content (AvgIpc) is 2.53. The lowest BCUT2D eigenvalue weighted by atomic mass is 10.3. The molecule has 1 aromatic carbocycles. The van der Waals surface area contributed by atoms with E-state index in [1.165, 1.54) is 0 Å². The van der Waals surface area contributed by atoms with Crippen molar-refractivity contribution in [3.63, 3.8) is 0 Å². The molecule has 5 nitrogen and oxygen atoms in total. The van der Waals surface area contributed by atoms with Crippen molar-refractivity contribution < 1.29 is 14.3 Å². The Kier molecular flexibility index (Phi) is 8.77. The Bertz CT molecular complexity index is 469. The zero-order chi connectivity index (χ0) is 16.4. The first-order valence-corrected chi connectivity index (χ1v) is 8.44. The van der Waals surface area contributed by atoms with E-state index in [2.05, 4.69) is 24.5 Å². The largest absolute Gasteiger partial charge is 0.493 e. The van der Waals surface area contributed by atoms with Gasteiger partial charge in [0, 0.05) is 29.7 Å². The van der Waals surface area contributed by atoms with E-state index in [0.29, 0.717) is 30.5 Å². The van der Waals surface area contributed by atoms with Crippen molar-refractivity contribution in [3.05, 3.63) is 18.2 Å². The highest BCUT2D eigenvalue weighted by atomic mass is 32.2. The Balaban J connectivity index is 2.33. The lowest BCUT2D eigenvalue weighted by molar-refractivity contribution is -0.120. The van der Waals surface area contributed by atoms with E-state index in [-0.39, 0.29) is 5.91 Å². The highest BCUT2D eigenvalue weighted by Gasteiger charge is 2.07. The van der Waals surface area contributed by atoms with Crippen molar-refractivity contribution in [2.45, 2.75) is 31.2 Å². The number of nitrogens with one attached hydrogen (secondary N) is 2. The fourth-order valence-electron chi connectivity index (χ4n) is 1.94. The molecule has 0 spiro atoms. The summed E-state index contributed by atoms with van der Waals surface area (Å²) >= 11 is 1.63. The van der Waals surface area contributed by atoms with Crippen molar-refractivity contribution in [2.75, 3.05) is 33.1 Å². The van der Waals surface area contributed by atoms with Gasteiger partial charge in [-0.2, -0.15) is 0 Å². The average molecular weight is 326 g/mol. The monoisotopic (exact) mass is 326 g/mol. The third-order valence-corrected chi connectivity index (χ3v) is 4.11. The molecule has 0 unspecified atom stereocenters. The highest BCUT2D eigenvalue weighted by Crippen LogP contribution is 2.31. The van der Waals surface area contributed by atoms with Gasteiger partial charge in [0.05, 0.1) is 14.2 Å². The molecule has 0 aromatic heterocycles. The number of hydrogen-bond acceptors (Lipinski definition) is 5. The van der Waals surface area contributed by atoms with E-state index >= 15 is 0 Å². The second kappa shape index (κ2) is 10.3. The summed E-state index contributed by atoms with van der Waals surface area (Å²) in [5, 5.41) is 6.20. The Labute approximate surface area is 137 Å². The number of carbonyl (C=O) groups excluding carboxylic acids is 1. The number of rotatable bonds is 10. The number of hydrogen-bond donors (Lipinski definition) is 2. The van der Waals surface area contributed by atoms with Gasteiger partial charge in [-0.25, -0.2) is 0 Å². The predicted molar refractivity (Wildman–Crippen MR) is 91.0 cm³/mol. The number of thioether (sulfide) groups is 1. The fraction of sp³-hybridized carbons (Fsp3) is 0.562. The van der Waals surface area contributed by atoms with E-state index < -0.39 is 0 Å². The van der Waals surface area contributed by atoms with Crippen LogP contribution in [0.4, 0.5) is 0 Å². The molecule has 0 aliphatic rings. The van der Waals surface area contributed by atoms with Gasteiger partial charge in [0.2, 0.25) is 5.91 Å². The molecule has 1 aromatic rings. The molecular formula is C16H26N2O3S. The molecule has 0 radical (unpaired) electrons. The maximum absolute atomic E-state index is 11.8. The molecule has 1 atom stereocenters. The third kappa shape index (κ3) is 6.58. The molecule has 2 N–H and O–H groups in total. The van der Waals surface area contributed by atoms with Crippen molar-refractivity contribution in [1.29, 1.82) is 0 Å². The Morgan fingerprint density at radius 2 is 2.00 bits per heavy atom. The first-order chi connectivity index (χ1) is 10.6. The van der Waals surface area contributed by atoms with Gasteiger partial charge in [0.15, 0.2) is 11.5 Å². The minimum Gasteiger partial charge on any atom is -0.493 e. The Morgan fingerprint density at radius 3 is 2.64 bits per heavy atom. The van der Waals surface area contributed by atoms with E-state index in [4.69, 9.17) is 9.47 Å². The van der Waals surface area contributed by atoms with Gasteiger partial charge in [-0.05, 0) is 31.7 Å². The Morgan fingerprint density at radius 1 is 1.27 bits per heavy atom. The van der Waals surface area contributed by atoms with Gasteiger partial charge >= 0.3 is 0 Å². The van der Waals surface area contributed by atoms with Gasteiger partial charge < -0.3 is 20.1 Å². The molecule has 0 saturated heterocycles. The molecule has 124 valence electrons. The van der Waals surface area contributed by atoms with Crippen LogP contribution in [0.15, 0.2) is 23.1 Å². The second-order valence-corrected chi connectivity index (χ2v) is 6.05. The van der Waals surface area contributed by atoms with Gasteiger partial charge in [-0.15, -0.1) is 11.8 Å². The maximum Gasteiger partial charge on any atom is 0.220 e. The fourth-order valence-corrected chi connectivity index (χ4v) is 2.82. The zero-order valence-corrected chi connectivity index (χ0v) is 14.6. The molecule has 0 bridgehead atoms. The summed E-state index contributed by atoms with van der Waals surface area (Å²) in [6.07, 6.45) is 0.498. The lowest BCUT2D eigenvalue weighted by Gasteiger charge is -2.13. The summed E-state index contributed by atoms with van der Waals surface area (Å²) in [4.78, 5) is 12.8. The number of likely N-dealkylation sites (N-methyl/N-ethyl adjacent to an activating group) is 1. The number of methoxy groups -OCH3 is 2. The maximum atomic E-state index is 11.8. The predicted octanol–water partition coefficient (Wildman–Crippen LogP) is 2.30. The third-order valence-electron chi connectivity index (χ3n) is 3.11. The van der Waals surface area contributed by atoms with Crippen LogP contribution in [-0.4, -0.2) is 45.0 Å². The van der Waals surface area contributed by atoms with Crippen molar-refractivity contribution in [1.82, 2.24) is 10.6 Å². The second-order valence-electron chi connectivity index (χ2n) is 4.88. The smallest absolute Gasteiger partial charge is 0.220 e. The van der Waals surface area contributed by atoms with Crippen molar-refractivity contribution >= 4 is 17.7 Å². The van der Waals surface area contributed by atoms with Gasteiger partial charge in [0.1, 0.15) is 0 Å². The van der Waals surface area contributed by atoms with E-state index in [1.807, 2.05) is 18.2 Å². The molecule has 0 saturated carbocycles. The van der Waals surface area contributed by atoms with Crippen LogP contribution in [0.2, 0.25) is 0 Å². The van der Waals surface area contributed by atoms with Crippen molar-refractivity contribution in [2.24, 2.45) is 0 Å². The summed E-state index contributed by atoms with van der Waals surface area (Å²) in [5.41, 5.74) is 0. The van der Waals surface area contributed by atoms with Gasteiger partial charge in [0.25, 0.3) is 0 Å². The molecule has 22 heavy (non-hydrogen) atoms. The quantitative estimate of drug-likeness (QED) is 0.646. The number of carbonyl (C=O) groups is 1. The van der Waals surface area contributed by atoms with Crippen LogP contribution in [0.3, 0.4) is 0 Å². The Hall–Kier alpha value is -1.40. The van der Waals surface area contributed by atoms with Crippen LogP contribution in [0.25, 0.3) is 0 Å².